The van der Waals surface area contributed by atoms with Gasteiger partial charge in [0.25, 0.3) is 10.2 Å². The van der Waals surface area contributed by atoms with Crippen molar-refractivity contribution in [2.45, 2.75) is 13.8 Å². The van der Waals surface area contributed by atoms with Crippen LogP contribution in [0.5, 0.6) is 0 Å². The second-order valence-electron chi connectivity index (χ2n) is 3.89. The Hall–Kier alpha value is -0.860. The van der Waals surface area contributed by atoms with Crippen molar-refractivity contribution in [3.63, 3.8) is 0 Å². The van der Waals surface area contributed by atoms with Crippen LogP contribution in [0.1, 0.15) is 13.8 Å². The zero-order chi connectivity index (χ0) is 13.1. The Morgan fingerprint density at radius 2 is 1.65 bits per heavy atom. The van der Waals surface area contributed by atoms with E-state index in [1.807, 2.05) is 13.8 Å². The van der Waals surface area contributed by atoms with E-state index in [1.54, 1.807) is 9.80 Å². The third-order valence-corrected chi connectivity index (χ3v) is 3.99. The van der Waals surface area contributed by atoms with Crippen molar-refractivity contribution in [3.05, 3.63) is 0 Å². The lowest BCUT2D eigenvalue weighted by atomic mass is 10.4. The van der Waals surface area contributed by atoms with E-state index in [0.717, 1.165) is 0 Å². The van der Waals surface area contributed by atoms with E-state index in [0.29, 0.717) is 26.2 Å². The smallest absolute Gasteiger partial charge is 0.320 e. The summed E-state index contributed by atoms with van der Waals surface area (Å²) in [4.78, 5) is 15.3. The molecule has 2 N–H and O–H groups in total. The Morgan fingerprint density at radius 1 is 1.18 bits per heavy atom. The van der Waals surface area contributed by atoms with Crippen LogP contribution in [0.4, 0.5) is 4.79 Å². The first kappa shape index (κ1) is 14.2. The van der Waals surface area contributed by atoms with Gasteiger partial charge in [0.1, 0.15) is 0 Å². The number of rotatable bonds is 3. The summed E-state index contributed by atoms with van der Waals surface area (Å²) >= 11 is 0. The first-order valence-corrected chi connectivity index (χ1v) is 7.22. The number of hydrogen-bond donors (Lipinski definition) is 1. The third kappa shape index (κ3) is 3.55. The Morgan fingerprint density at radius 3 is 2.00 bits per heavy atom. The van der Waals surface area contributed by atoms with Crippen LogP contribution in [-0.4, -0.2) is 67.8 Å². The molecule has 0 aromatic rings. The molecule has 7 nitrogen and oxygen atoms in total. The first-order valence-electron chi connectivity index (χ1n) is 5.71. The monoisotopic (exact) mass is 264 g/mol. The molecule has 1 aliphatic rings. The van der Waals surface area contributed by atoms with Crippen LogP contribution in [0.25, 0.3) is 0 Å². The van der Waals surface area contributed by atoms with E-state index in [2.05, 4.69) is 0 Å². The van der Waals surface area contributed by atoms with Crippen molar-refractivity contribution < 1.29 is 13.2 Å². The molecule has 1 fully saturated rings. The van der Waals surface area contributed by atoms with Crippen molar-refractivity contribution >= 4 is 16.2 Å². The number of nitrogens with zero attached hydrogens (tertiary/aromatic N) is 3. The molecule has 0 spiro atoms. The van der Waals surface area contributed by atoms with E-state index >= 15 is 0 Å². The van der Waals surface area contributed by atoms with Gasteiger partial charge in [0.15, 0.2) is 0 Å². The SMILES string of the molecule is CCN(CC)C(=O)N1CCN(S(N)(=O)=O)CC1. The van der Waals surface area contributed by atoms with Gasteiger partial charge >= 0.3 is 6.03 Å². The summed E-state index contributed by atoms with van der Waals surface area (Å²) in [5.41, 5.74) is 0. The number of nitrogens with two attached hydrogens (primary N) is 1. The molecule has 0 radical (unpaired) electrons. The third-order valence-electron chi connectivity index (χ3n) is 2.90. The first-order chi connectivity index (χ1) is 7.90. The minimum absolute atomic E-state index is 0.0379. The van der Waals surface area contributed by atoms with Crippen molar-refractivity contribution in [3.8, 4) is 0 Å². The molecule has 1 rings (SSSR count). The maximum absolute atomic E-state index is 12.0. The highest BCUT2D eigenvalue weighted by Gasteiger charge is 2.27. The quantitative estimate of drug-likeness (QED) is 0.729. The second-order valence-corrected chi connectivity index (χ2v) is 5.43. The molecule has 17 heavy (non-hydrogen) atoms. The Labute approximate surface area is 102 Å². The molecule has 1 heterocycles. The summed E-state index contributed by atoms with van der Waals surface area (Å²) in [6.07, 6.45) is 0. The van der Waals surface area contributed by atoms with Gasteiger partial charge in [0.05, 0.1) is 0 Å². The molecular formula is C9H20N4O3S. The summed E-state index contributed by atoms with van der Waals surface area (Å²) in [7, 11) is -3.62. The van der Waals surface area contributed by atoms with Crippen molar-refractivity contribution in [1.82, 2.24) is 14.1 Å². The maximum Gasteiger partial charge on any atom is 0.320 e. The summed E-state index contributed by atoms with van der Waals surface area (Å²) in [6, 6.07) is -0.0379. The van der Waals surface area contributed by atoms with Gasteiger partial charge in [-0.3, -0.25) is 0 Å². The molecule has 1 aliphatic heterocycles. The van der Waals surface area contributed by atoms with E-state index in [4.69, 9.17) is 5.14 Å². The molecule has 100 valence electrons. The molecule has 0 aliphatic carbocycles. The molecule has 2 amide bonds. The highest BCUT2D eigenvalue weighted by atomic mass is 32.2. The molecule has 0 atom stereocenters. The minimum atomic E-state index is -3.62. The summed E-state index contributed by atoms with van der Waals surface area (Å²) in [6.45, 7) is 6.48. The predicted octanol–water partition coefficient (Wildman–Crippen LogP) is -0.731. The van der Waals surface area contributed by atoms with Crippen LogP contribution in [-0.2, 0) is 10.2 Å². The van der Waals surface area contributed by atoms with Crippen LogP contribution in [0.3, 0.4) is 0 Å². The summed E-state index contributed by atoms with van der Waals surface area (Å²) in [5, 5.41) is 5.03. The average molecular weight is 264 g/mol. The molecule has 8 heteroatoms. The van der Waals surface area contributed by atoms with Gasteiger partial charge in [-0.15, -0.1) is 0 Å². The summed E-state index contributed by atoms with van der Waals surface area (Å²) in [5.74, 6) is 0. The summed E-state index contributed by atoms with van der Waals surface area (Å²) < 4.78 is 23.4. The number of piperazine rings is 1. The standard InChI is InChI=1S/C9H20N4O3S/c1-3-11(4-2)9(14)12-5-7-13(8-6-12)17(10,15)16/h3-8H2,1-2H3,(H2,10,15,16). The lowest BCUT2D eigenvalue weighted by molar-refractivity contribution is 0.138. The van der Waals surface area contributed by atoms with Crippen LogP contribution in [0, 0.1) is 0 Å². The van der Waals surface area contributed by atoms with E-state index in [-0.39, 0.29) is 19.1 Å². The van der Waals surface area contributed by atoms with Crippen LogP contribution in [0.15, 0.2) is 0 Å². The number of urea groups is 1. The largest absolute Gasteiger partial charge is 0.325 e. The normalized spacial score (nSPS) is 18.2. The zero-order valence-corrected chi connectivity index (χ0v) is 11.1. The fraction of sp³-hybridized carbons (Fsp3) is 0.889. The van der Waals surface area contributed by atoms with Gasteiger partial charge in [-0.05, 0) is 13.8 Å². The van der Waals surface area contributed by atoms with Crippen molar-refractivity contribution in [1.29, 1.82) is 0 Å². The number of hydrogen-bond acceptors (Lipinski definition) is 3. The number of carbonyl (C=O) groups is 1. The molecule has 0 bridgehead atoms. The van der Waals surface area contributed by atoms with Gasteiger partial charge in [-0.2, -0.15) is 12.7 Å². The van der Waals surface area contributed by atoms with Crippen LogP contribution >= 0.6 is 0 Å². The Kier molecular flexibility index (Phi) is 4.72. The molecular weight excluding hydrogens is 244 g/mol. The minimum Gasteiger partial charge on any atom is -0.325 e. The van der Waals surface area contributed by atoms with Crippen LogP contribution in [0.2, 0.25) is 0 Å². The highest BCUT2D eigenvalue weighted by Crippen LogP contribution is 2.07. The Bertz CT molecular complexity index is 358. The van der Waals surface area contributed by atoms with Gasteiger partial charge in [-0.25, -0.2) is 9.93 Å². The van der Waals surface area contributed by atoms with Crippen molar-refractivity contribution in [2.75, 3.05) is 39.3 Å². The fourth-order valence-electron chi connectivity index (χ4n) is 1.83. The lowest BCUT2D eigenvalue weighted by Crippen LogP contribution is -2.55. The van der Waals surface area contributed by atoms with Gasteiger partial charge < -0.3 is 9.80 Å². The van der Waals surface area contributed by atoms with Crippen LogP contribution < -0.4 is 5.14 Å². The van der Waals surface area contributed by atoms with E-state index in [1.165, 1.54) is 4.31 Å². The molecule has 0 saturated carbocycles. The van der Waals surface area contributed by atoms with Gasteiger partial charge in [0.2, 0.25) is 0 Å². The lowest BCUT2D eigenvalue weighted by Gasteiger charge is -2.35. The highest BCUT2D eigenvalue weighted by molar-refractivity contribution is 7.86. The topological polar surface area (TPSA) is 86.9 Å². The van der Waals surface area contributed by atoms with Gasteiger partial charge in [0, 0.05) is 39.3 Å². The molecule has 1 saturated heterocycles. The van der Waals surface area contributed by atoms with Crippen molar-refractivity contribution in [2.24, 2.45) is 5.14 Å². The van der Waals surface area contributed by atoms with E-state index in [9.17, 15) is 13.2 Å². The Balaban J connectivity index is 2.55. The average Bonchev–Trinajstić information content (AvgIpc) is 2.29. The maximum atomic E-state index is 12.0. The zero-order valence-electron chi connectivity index (χ0n) is 10.3. The second kappa shape index (κ2) is 5.65. The van der Waals surface area contributed by atoms with E-state index < -0.39 is 10.2 Å². The molecule has 0 aromatic heterocycles. The fourth-order valence-corrected chi connectivity index (χ4v) is 2.50. The number of carbonyl (C=O) groups excluding carboxylic acids is 1. The van der Waals surface area contributed by atoms with Gasteiger partial charge in [-0.1, -0.05) is 0 Å². The molecule has 0 unspecified atom stereocenters. The molecule has 0 aromatic carbocycles. The predicted molar refractivity (Wildman–Crippen MR) is 64.6 cm³/mol. The number of amides is 2.